The molecule has 0 unspecified atom stereocenters. The summed E-state index contributed by atoms with van der Waals surface area (Å²) in [5.41, 5.74) is 2.80. The van der Waals surface area contributed by atoms with Gasteiger partial charge in [-0.3, -0.25) is 4.98 Å². The summed E-state index contributed by atoms with van der Waals surface area (Å²) in [7, 11) is 0. The molecule has 1 fully saturated rings. The maximum Gasteiger partial charge on any atom is 0.121 e. The number of rotatable bonds is 1. The molecular weight excluding hydrogens is 205 g/mol. The van der Waals surface area contributed by atoms with Crippen LogP contribution in [0.15, 0.2) is 24.4 Å². The summed E-state index contributed by atoms with van der Waals surface area (Å²) in [4.78, 5) is 7.60. The number of alkyl halides is 1. The highest BCUT2D eigenvalue weighted by Gasteiger charge is 2.27. The summed E-state index contributed by atoms with van der Waals surface area (Å²) in [6.45, 7) is 1.31. The fourth-order valence-corrected chi connectivity index (χ4v) is 2.31. The molecule has 0 amide bonds. The van der Waals surface area contributed by atoms with Crippen LogP contribution in [0.25, 0.3) is 11.0 Å². The molecule has 2 atom stereocenters. The maximum absolute atomic E-state index is 13.7. The third-order valence-corrected chi connectivity index (χ3v) is 3.21. The van der Waals surface area contributed by atoms with Gasteiger partial charge in [-0.2, -0.15) is 0 Å². The van der Waals surface area contributed by atoms with Gasteiger partial charge >= 0.3 is 0 Å². The van der Waals surface area contributed by atoms with Crippen LogP contribution in [0.3, 0.4) is 0 Å². The van der Waals surface area contributed by atoms with Gasteiger partial charge in [-0.05, 0) is 31.2 Å². The molecule has 2 N–H and O–H groups in total. The van der Waals surface area contributed by atoms with E-state index in [0.717, 1.165) is 29.7 Å². The van der Waals surface area contributed by atoms with E-state index in [0.29, 0.717) is 6.54 Å². The molecule has 0 saturated carbocycles. The van der Waals surface area contributed by atoms with E-state index in [-0.39, 0.29) is 5.92 Å². The number of hydrogen-bond donors (Lipinski definition) is 2. The monoisotopic (exact) mass is 219 g/mol. The van der Waals surface area contributed by atoms with Crippen LogP contribution >= 0.6 is 0 Å². The van der Waals surface area contributed by atoms with E-state index < -0.39 is 6.17 Å². The molecule has 3 nitrogen and oxygen atoms in total. The lowest BCUT2D eigenvalue weighted by Gasteiger charge is -2.26. The van der Waals surface area contributed by atoms with Crippen molar-refractivity contribution >= 4 is 11.0 Å². The van der Waals surface area contributed by atoms with Gasteiger partial charge in [-0.25, -0.2) is 4.39 Å². The minimum Gasteiger partial charge on any atom is -0.360 e. The summed E-state index contributed by atoms with van der Waals surface area (Å²) < 4.78 is 13.7. The first kappa shape index (κ1) is 9.78. The SMILES string of the molecule is F[C@H]1CNCC[C@@H]1c1ccc2[nH]ccc2n1. The van der Waals surface area contributed by atoms with Gasteiger partial charge < -0.3 is 10.3 Å². The number of piperidine rings is 1. The van der Waals surface area contributed by atoms with Crippen LogP contribution < -0.4 is 5.32 Å². The molecule has 2 aromatic rings. The zero-order chi connectivity index (χ0) is 11.0. The molecule has 4 heteroatoms. The standard InChI is InChI=1S/C12H14FN3/c13-9-7-14-5-3-8(9)10-1-2-11-12(16-10)4-6-15-11/h1-2,4,6,8-9,14-15H,3,5,7H2/t8-,9-/m0/s1. The van der Waals surface area contributed by atoms with Gasteiger partial charge in [0.15, 0.2) is 0 Å². The highest BCUT2D eigenvalue weighted by molar-refractivity contribution is 5.74. The van der Waals surface area contributed by atoms with E-state index in [4.69, 9.17) is 0 Å². The zero-order valence-corrected chi connectivity index (χ0v) is 8.91. The van der Waals surface area contributed by atoms with Gasteiger partial charge in [0, 0.05) is 24.4 Å². The van der Waals surface area contributed by atoms with Crippen LogP contribution in [-0.2, 0) is 0 Å². The number of aromatic amines is 1. The van der Waals surface area contributed by atoms with Crippen LogP contribution in [0, 0.1) is 0 Å². The van der Waals surface area contributed by atoms with Crippen LogP contribution in [0.5, 0.6) is 0 Å². The van der Waals surface area contributed by atoms with E-state index in [9.17, 15) is 4.39 Å². The Morgan fingerprint density at radius 3 is 3.12 bits per heavy atom. The Morgan fingerprint density at radius 2 is 2.25 bits per heavy atom. The van der Waals surface area contributed by atoms with Crippen LogP contribution in [-0.4, -0.2) is 29.2 Å². The van der Waals surface area contributed by atoms with Gasteiger partial charge in [0.2, 0.25) is 0 Å². The molecule has 1 saturated heterocycles. The lowest BCUT2D eigenvalue weighted by molar-refractivity contribution is 0.229. The van der Waals surface area contributed by atoms with Crippen LogP contribution in [0.4, 0.5) is 4.39 Å². The molecule has 1 aliphatic heterocycles. The fourth-order valence-electron chi connectivity index (χ4n) is 2.31. The van der Waals surface area contributed by atoms with Gasteiger partial charge in [0.05, 0.1) is 11.0 Å². The Labute approximate surface area is 93.1 Å². The lowest BCUT2D eigenvalue weighted by Crippen LogP contribution is -2.37. The van der Waals surface area contributed by atoms with Crippen LogP contribution in [0.2, 0.25) is 0 Å². The summed E-state index contributed by atoms with van der Waals surface area (Å²) >= 11 is 0. The minimum absolute atomic E-state index is 0.0550. The average molecular weight is 219 g/mol. The summed E-state index contributed by atoms with van der Waals surface area (Å²) in [5.74, 6) is -0.0550. The number of pyridine rings is 1. The van der Waals surface area contributed by atoms with E-state index in [1.807, 2.05) is 24.4 Å². The van der Waals surface area contributed by atoms with Crippen molar-refractivity contribution in [1.29, 1.82) is 0 Å². The molecule has 0 bridgehead atoms. The Kier molecular flexibility index (Phi) is 2.36. The van der Waals surface area contributed by atoms with Gasteiger partial charge in [0.25, 0.3) is 0 Å². The third-order valence-electron chi connectivity index (χ3n) is 3.21. The molecule has 3 rings (SSSR count). The van der Waals surface area contributed by atoms with Gasteiger partial charge in [-0.15, -0.1) is 0 Å². The van der Waals surface area contributed by atoms with E-state index in [1.165, 1.54) is 0 Å². The molecule has 2 aromatic heterocycles. The number of nitrogens with zero attached hydrogens (tertiary/aromatic N) is 1. The van der Waals surface area contributed by atoms with E-state index in [2.05, 4.69) is 15.3 Å². The second-order valence-electron chi connectivity index (χ2n) is 4.26. The highest BCUT2D eigenvalue weighted by Crippen LogP contribution is 2.27. The minimum atomic E-state index is -0.822. The van der Waals surface area contributed by atoms with Crippen molar-refractivity contribution in [3.8, 4) is 0 Å². The zero-order valence-electron chi connectivity index (χ0n) is 8.91. The molecule has 16 heavy (non-hydrogen) atoms. The first-order valence-corrected chi connectivity index (χ1v) is 5.63. The predicted molar refractivity (Wildman–Crippen MR) is 61.2 cm³/mol. The Hall–Kier alpha value is -1.42. The number of hydrogen-bond acceptors (Lipinski definition) is 2. The van der Waals surface area contributed by atoms with Crippen molar-refractivity contribution in [3.63, 3.8) is 0 Å². The van der Waals surface area contributed by atoms with Crippen molar-refractivity contribution in [2.24, 2.45) is 0 Å². The first-order chi connectivity index (χ1) is 7.84. The highest BCUT2D eigenvalue weighted by atomic mass is 19.1. The van der Waals surface area contributed by atoms with Crippen molar-refractivity contribution < 1.29 is 4.39 Å². The fraction of sp³-hybridized carbons (Fsp3) is 0.417. The van der Waals surface area contributed by atoms with Gasteiger partial charge in [0.1, 0.15) is 6.17 Å². The quantitative estimate of drug-likeness (QED) is 0.770. The van der Waals surface area contributed by atoms with E-state index >= 15 is 0 Å². The lowest BCUT2D eigenvalue weighted by atomic mass is 9.92. The molecule has 3 heterocycles. The molecular formula is C12H14FN3. The molecule has 0 aliphatic carbocycles. The average Bonchev–Trinajstić information content (AvgIpc) is 2.76. The van der Waals surface area contributed by atoms with Crippen molar-refractivity contribution in [2.45, 2.75) is 18.5 Å². The van der Waals surface area contributed by atoms with Crippen molar-refractivity contribution in [3.05, 3.63) is 30.1 Å². The Balaban J connectivity index is 1.97. The number of halogens is 1. The number of nitrogens with one attached hydrogen (secondary N) is 2. The number of H-pyrrole nitrogens is 1. The van der Waals surface area contributed by atoms with E-state index in [1.54, 1.807) is 0 Å². The van der Waals surface area contributed by atoms with Crippen molar-refractivity contribution in [2.75, 3.05) is 13.1 Å². The summed E-state index contributed by atoms with van der Waals surface area (Å²) in [6, 6.07) is 5.83. The molecule has 1 aliphatic rings. The molecule has 0 aromatic carbocycles. The second-order valence-corrected chi connectivity index (χ2v) is 4.26. The van der Waals surface area contributed by atoms with Crippen LogP contribution in [0.1, 0.15) is 18.0 Å². The predicted octanol–water partition coefficient (Wildman–Crippen LogP) is 1.98. The molecule has 0 radical (unpaired) electrons. The molecule has 0 spiro atoms. The van der Waals surface area contributed by atoms with Gasteiger partial charge in [-0.1, -0.05) is 0 Å². The molecule has 84 valence electrons. The largest absolute Gasteiger partial charge is 0.360 e. The smallest absolute Gasteiger partial charge is 0.121 e. The Bertz CT molecular complexity index is 494. The first-order valence-electron chi connectivity index (χ1n) is 5.63. The summed E-state index contributed by atoms with van der Waals surface area (Å²) in [6.07, 6.45) is 1.86. The Morgan fingerprint density at radius 1 is 1.31 bits per heavy atom. The topological polar surface area (TPSA) is 40.7 Å². The second kappa shape index (κ2) is 3.87. The maximum atomic E-state index is 13.7. The number of aromatic nitrogens is 2. The normalized spacial score (nSPS) is 26.1. The van der Waals surface area contributed by atoms with Crippen molar-refractivity contribution in [1.82, 2.24) is 15.3 Å². The number of fused-ring (bicyclic) bond motifs is 1. The third kappa shape index (κ3) is 1.59. The summed E-state index contributed by atoms with van der Waals surface area (Å²) in [5, 5.41) is 3.06.